The summed E-state index contributed by atoms with van der Waals surface area (Å²) in [7, 11) is 0. The molecule has 0 bridgehead atoms. The molecule has 2 aliphatic carbocycles. The first kappa shape index (κ1) is 37.3. The Kier molecular flexibility index (Phi) is 10.4. The summed E-state index contributed by atoms with van der Waals surface area (Å²) >= 11 is 0. The van der Waals surface area contributed by atoms with Crippen LogP contribution in [-0.4, -0.2) is 33.8 Å². The van der Waals surface area contributed by atoms with Gasteiger partial charge in [0.2, 0.25) is 0 Å². The minimum absolute atomic E-state index is 0. The molecular weight excluding hydrogens is 690 g/mol. The number of aromatic nitrogens is 3. The van der Waals surface area contributed by atoms with Crippen molar-refractivity contribution in [2.45, 2.75) is 19.3 Å². The predicted molar refractivity (Wildman–Crippen MR) is 232 cm³/mol. The quantitative estimate of drug-likeness (QED) is 0.131. The van der Waals surface area contributed by atoms with Crippen LogP contribution in [0.2, 0.25) is 0 Å². The summed E-state index contributed by atoms with van der Waals surface area (Å²) in [5.74, 6) is 2.02. The van der Waals surface area contributed by atoms with Crippen molar-refractivity contribution in [3.63, 3.8) is 0 Å². The van der Waals surface area contributed by atoms with E-state index in [0.717, 1.165) is 33.0 Å². The fourth-order valence-electron chi connectivity index (χ4n) is 7.66. The number of allylic oxidation sites excluding steroid dienone is 2. The molecule has 1 heterocycles. The fourth-order valence-corrected chi connectivity index (χ4v) is 7.66. The van der Waals surface area contributed by atoms with Gasteiger partial charge in [-0.05, 0) is 80.9 Å². The zero-order valence-electron chi connectivity index (χ0n) is 32.1. The van der Waals surface area contributed by atoms with Gasteiger partial charge >= 0.3 is 0 Å². The molecule has 0 N–H and O–H groups in total. The van der Waals surface area contributed by atoms with Gasteiger partial charge in [0.05, 0.1) is 11.3 Å². The molecule has 2 radical (unpaired) electrons. The van der Waals surface area contributed by atoms with Crippen LogP contribution < -0.4 is 15.5 Å². The van der Waals surface area contributed by atoms with Gasteiger partial charge in [-0.2, -0.15) is 0 Å². The summed E-state index contributed by atoms with van der Waals surface area (Å²) in [6.07, 6.45) is 8.45. The van der Waals surface area contributed by atoms with Gasteiger partial charge < -0.3 is 24.0 Å². The van der Waals surface area contributed by atoms with Gasteiger partial charge in [-0.1, -0.05) is 147 Å². The largest absolute Gasteiger partial charge is 1.00 e. The van der Waals surface area contributed by atoms with Gasteiger partial charge in [0.1, 0.15) is 0 Å². The molecule has 0 aliphatic heterocycles. The van der Waals surface area contributed by atoms with Crippen LogP contribution in [0.25, 0.3) is 79.7 Å². The van der Waals surface area contributed by atoms with E-state index in [4.69, 9.17) is 15.0 Å². The van der Waals surface area contributed by atoms with Crippen LogP contribution in [0, 0.1) is 0 Å². The third-order valence-corrected chi connectivity index (χ3v) is 10.6. The summed E-state index contributed by atoms with van der Waals surface area (Å²) in [4.78, 5) is 14.7. The Labute approximate surface area is 345 Å². The normalized spacial score (nSPS) is 12.5. The molecule has 5 heteroatoms. The molecule has 2 aliphatic rings. The summed E-state index contributed by atoms with van der Waals surface area (Å²) in [6, 6.07) is 58.4. The molecule has 8 aromatic rings. The molecule has 0 amide bonds. The van der Waals surface area contributed by atoms with Crippen molar-refractivity contribution in [3.05, 3.63) is 204 Å². The van der Waals surface area contributed by atoms with Crippen molar-refractivity contribution in [2.24, 2.45) is 0 Å². The maximum absolute atomic E-state index is 11.1. The van der Waals surface area contributed by atoms with E-state index in [9.17, 15) is 5.11 Å². The molecule has 0 atom stereocenters. The fraction of sp³-hybridized carbons (Fsp3) is 0.0577. The van der Waals surface area contributed by atoms with E-state index in [2.05, 4.69) is 111 Å². The molecule has 0 saturated heterocycles. The Morgan fingerprint density at radius 1 is 0.456 bits per heavy atom. The first-order valence-electron chi connectivity index (χ1n) is 18.8. The van der Waals surface area contributed by atoms with Gasteiger partial charge in [-0.3, -0.25) is 0 Å². The maximum Gasteiger partial charge on any atom is 0.164 e. The second kappa shape index (κ2) is 15.8. The van der Waals surface area contributed by atoms with Crippen LogP contribution in [0.15, 0.2) is 182 Å². The Morgan fingerprint density at radius 2 is 0.947 bits per heavy atom. The van der Waals surface area contributed by atoms with E-state index in [1.165, 1.54) is 33.4 Å². The molecule has 57 heavy (non-hydrogen) atoms. The Morgan fingerprint density at radius 3 is 1.58 bits per heavy atom. The monoisotopic (exact) mass is 726 g/mol. The third kappa shape index (κ3) is 7.39. The van der Waals surface area contributed by atoms with Crippen molar-refractivity contribution < 1.29 is 5.11 Å². The van der Waals surface area contributed by atoms with Crippen LogP contribution in [0.5, 0.6) is 5.75 Å². The van der Waals surface area contributed by atoms with Crippen molar-refractivity contribution >= 4 is 31.0 Å². The second-order valence-corrected chi connectivity index (χ2v) is 14.5. The van der Waals surface area contributed by atoms with Gasteiger partial charge in [0, 0.05) is 46.1 Å². The van der Waals surface area contributed by atoms with E-state index in [1.807, 2.05) is 78.9 Å². The molecule has 7 aromatic carbocycles. The molecule has 1 aromatic heterocycles. The summed E-state index contributed by atoms with van der Waals surface area (Å²) in [6.45, 7) is 4.66. The van der Waals surface area contributed by atoms with Gasteiger partial charge in [0.15, 0.2) is 22.7 Å². The number of rotatable bonds is 5. The van der Waals surface area contributed by atoms with Crippen molar-refractivity contribution in [1.82, 2.24) is 15.0 Å². The Balaban J connectivity index is 0.000000327. The zero-order valence-corrected chi connectivity index (χ0v) is 32.1. The molecule has 10 rings (SSSR count). The van der Waals surface area contributed by atoms with E-state index >= 15 is 0 Å². The minimum Gasteiger partial charge on any atom is -1.00 e. The molecule has 0 fully saturated rings. The molecule has 4 nitrogen and oxygen atoms in total. The number of hydrogen-bond acceptors (Lipinski definition) is 4. The Bertz CT molecular complexity index is 2840. The molecule has 0 spiro atoms. The van der Waals surface area contributed by atoms with Crippen molar-refractivity contribution in [1.29, 1.82) is 0 Å². The van der Waals surface area contributed by atoms with Crippen LogP contribution in [0.1, 0.15) is 25.0 Å². The number of fused-ring (bicyclic) bond motifs is 4. The predicted octanol–water partition coefficient (Wildman–Crippen LogP) is 9.90. The van der Waals surface area contributed by atoms with Crippen molar-refractivity contribution in [2.75, 3.05) is 0 Å². The van der Waals surface area contributed by atoms with Gasteiger partial charge in [-0.15, -0.1) is 0 Å². The smallest absolute Gasteiger partial charge is 0.164 e. The number of benzene rings is 7. The first-order chi connectivity index (χ1) is 27.4. The van der Waals surface area contributed by atoms with E-state index in [0.29, 0.717) is 22.7 Å². The Hall–Kier alpha value is -6.66. The number of nitrogens with zero attached hydrogens (tertiary/aromatic N) is 3. The topological polar surface area (TPSA) is 61.7 Å². The van der Waals surface area contributed by atoms with Crippen LogP contribution >= 0.6 is 0 Å². The maximum atomic E-state index is 11.1. The van der Waals surface area contributed by atoms with E-state index in [-0.39, 0.29) is 30.0 Å². The van der Waals surface area contributed by atoms with E-state index < -0.39 is 0 Å². The average molecular weight is 727 g/mol. The summed E-state index contributed by atoms with van der Waals surface area (Å²) in [5, 5.41) is 12.8. The first-order valence-corrected chi connectivity index (χ1v) is 18.8. The summed E-state index contributed by atoms with van der Waals surface area (Å²) < 4.78 is 0. The molecular formula is C52H37LiN3O-. The van der Waals surface area contributed by atoms with Gasteiger partial charge in [0.25, 0.3) is 0 Å². The van der Waals surface area contributed by atoms with Crippen molar-refractivity contribution in [3.8, 4) is 73.3 Å². The average Bonchev–Trinajstić information content (AvgIpc) is 3.50. The SMILES string of the molecule is CC1(C)c2ccccc2-c2ccc(-c3cccc(-c4cccc(-c5nc(-c6ccccc6)nc(-c6ccccc6)n5)c4)c3)cc21.[Li-].[O-]c1cccc2c1=[C+]C=CC=2. The molecule has 0 saturated carbocycles. The minimum atomic E-state index is -0.0321. The standard InChI is InChI=1S/C42H31N3.C10H6O.Li/c1-42(2)37-22-10-9-21-35(37)36-24-23-33(27-38(36)42)31-18-11-17-30(25-31)32-19-12-20-34(26-32)41-44-39(28-13-5-3-6-14-28)43-40(45-41)29-15-7-4-8-16-29;11-10-7-3-5-8-4-1-2-6-9(8)10;/h3-27H,1-2H3;1-5,7H;/q;;-1. The molecule has 268 valence electrons. The number of hydrogen-bond donors (Lipinski definition) is 0. The van der Waals surface area contributed by atoms with Gasteiger partial charge in [-0.25, -0.2) is 15.0 Å². The van der Waals surface area contributed by atoms with Crippen LogP contribution in [-0.2, 0) is 5.41 Å². The van der Waals surface area contributed by atoms with Crippen LogP contribution in [0.4, 0.5) is 0 Å². The van der Waals surface area contributed by atoms with Crippen LogP contribution in [0.3, 0.4) is 0 Å². The summed E-state index contributed by atoms with van der Waals surface area (Å²) in [5.41, 5.74) is 13.0. The second-order valence-electron chi connectivity index (χ2n) is 14.5. The zero-order chi connectivity index (χ0) is 38.1. The van der Waals surface area contributed by atoms with E-state index in [1.54, 1.807) is 18.2 Å². The third-order valence-electron chi connectivity index (χ3n) is 10.6. The molecule has 0 unspecified atom stereocenters.